The summed E-state index contributed by atoms with van der Waals surface area (Å²) in [5.74, 6) is -2.72. The fourth-order valence-electron chi connectivity index (χ4n) is 4.24. The third kappa shape index (κ3) is 5.31. The van der Waals surface area contributed by atoms with E-state index >= 15 is 0 Å². The van der Waals surface area contributed by atoms with Crippen LogP contribution < -0.4 is 5.32 Å². The number of rotatable bonds is 4. The smallest absolute Gasteiger partial charge is 0.407 e. The van der Waals surface area contributed by atoms with Crippen molar-refractivity contribution in [3.63, 3.8) is 0 Å². The average molecular weight is 476 g/mol. The fourth-order valence-corrected chi connectivity index (χ4v) is 4.24. The molecule has 182 valence electrons. The molecule has 34 heavy (non-hydrogen) atoms. The number of halogens is 2. The van der Waals surface area contributed by atoms with Crippen molar-refractivity contribution in [2.24, 2.45) is 0 Å². The van der Waals surface area contributed by atoms with E-state index in [1.807, 2.05) is 4.90 Å². The first-order valence-electron chi connectivity index (χ1n) is 10.9. The third-order valence-electron chi connectivity index (χ3n) is 5.71. The number of alkyl carbamates (subject to hydrolysis) is 1. The van der Waals surface area contributed by atoms with E-state index in [9.17, 15) is 18.4 Å². The van der Waals surface area contributed by atoms with Crippen molar-refractivity contribution >= 4 is 12.1 Å². The summed E-state index contributed by atoms with van der Waals surface area (Å²) in [5, 5.41) is 11.9. The number of carbonyl (C=O) groups is 2. The van der Waals surface area contributed by atoms with E-state index in [2.05, 4.69) is 15.3 Å². The second-order valence-electron chi connectivity index (χ2n) is 9.44. The van der Waals surface area contributed by atoms with Gasteiger partial charge in [0.05, 0.1) is 18.3 Å². The Hall–Kier alpha value is -3.18. The summed E-state index contributed by atoms with van der Waals surface area (Å²) in [6.07, 6.45) is 0.261. The fraction of sp³-hybridized carbons (Fsp3) is 0.478. The van der Waals surface area contributed by atoms with E-state index in [0.29, 0.717) is 25.2 Å². The number of ether oxygens (including phenoxy) is 2. The van der Waals surface area contributed by atoms with Gasteiger partial charge in [-0.1, -0.05) is 0 Å². The molecule has 0 spiro atoms. The molecule has 0 saturated carbocycles. The lowest BCUT2D eigenvalue weighted by Crippen LogP contribution is -2.52. The van der Waals surface area contributed by atoms with Crippen LogP contribution >= 0.6 is 0 Å². The van der Waals surface area contributed by atoms with Gasteiger partial charge in [0.1, 0.15) is 23.3 Å². The monoisotopic (exact) mass is 476 g/mol. The summed E-state index contributed by atoms with van der Waals surface area (Å²) in [4.78, 5) is 33.7. The molecule has 0 aliphatic carbocycles. The molecule has 0 unspecified atom stereocenters. The lowest BCUT2D eigenvalue weighted by molar-refractivity contribution is -0.0628. The number of hydrogen-bond donors (Lipinski definition) is 2. The maximum Gasteiger partial charge on any atom is 0.407 e. The Morgan fingerprint density at radius 3 is 2.74 bits per heavy atom. The Balaban J connectivity index is 1.54. The number of aromatic nitrogens is 2. The molecule has 2 aliphatic heterocycles. The normalized spacial score (nSPS) is 22.8. The summed E-state index contributed by atoms with van der Waals surface area (Å²) in [5.41, 5.74) is 0.693. The van der Waals surface area contributed by atoms with E-state index in [1.54, 1.807) is 20.8 Å². The van der Waals surface area contributed by atoms with Crippen LogP contribution in [-0.4, -0.2) is 56.3 Å². The van der Waals surface area contributed by atoms with Crippen LogP contribution in [0.1, 0.15) is 60.7 Å². The second kappa shape index (κ2) is 9.22. The zero-order chi connectivity index (χ0) is 24.6. The van der Waals surface area contributed by atoms with E-state index in [1.165, 1.54) is 6.20 Å². The molecular weight excluding hydrogens is 450 g/mol. The van der Waals surface area contributed by atoms with Crippen LogP contribution in [0, 0.1) is 11.6 Å². The summed E-state index contributed by atoms with van der Waals surface area (Å²) < 4.78 is 39.8. The maximum atomic E-state index is 14.6. The summed E-state index contributed by atoms with van der Waals surface area (Å²) in [6, 6.07) is 2.22. The standard InChI is InChI=1S/C23H26F2N4O5/c1-23(2,3)34-22(32)28-17-7-14(11-33-19(17)15-6-13(24)4-5-16(15)25)29-9-12-8-26-20(21(30)31)27-18(12)10-29/h4-6,8,14,17,19H,7,9-11H2,1-3H3,(H,28,32)(H,30,31)/t14-,17+,19-/m1/s1. The molecule has 2 aliphatic rings. The van der Waals surface area contributed by atoms with Crippen molar-refractivity contribution in [3.8, 4) is 0 Å². The van der Waals surface area contributed by atoms with Gasteiger partial charge in [0, 0.05) is 36.5 Å². The van der Waals surface area contributed by atoms with Crippen molar-refractivity contribution in [1.29, 1.82) is 0 Å². The highest BCUT2D eigenvalue weighted by Crippen LogP contribution is 2.35. The molecule has 2 N–H and O–H groups in total. The lowest BCUT2D eigenvalue weighted by atomic mass is 9.92. The highest BCUT2D eigenvalue weighted by molar-refractivity contribution is 5.83. The van der Waals surface area contributed by atoms with Crippen LogP contribution in [0.25, 0.3) is 0 Å². The second-order valence-corrected chi connectivity index (χ2v) is 9.44. The zero-order valence-corrected chi connectivity index (χ0v) is 19.0. The SMILES string of the molecule is CC(C)(C)OC(=O)N[C@H]1C[C@@H](N2Cc3cnc(C(=O)O)nc3C2)CO[C@@H]1c1cc(F)ccc1F. The Kier molecular flexibility index (Phi) is 6.50. The van der Waals surface area contributed by atoms with Crippen LogP contribution in [0.15, 0.2) is 24.4 Å². The molecule has 3 heterocycles. The van der Waals surface area contributed by atoms with Crippen LogP contribution in [0.3, 0.4) is 0 Å². The largest absolute Gasteiger partial charge is 0.475 e. The number of fused-ring (bicyclic) bond motifs is 1. The Morgan fingerprint density at radius 1 is 1.26 bits per heavy atom. The van der Waals surface area contributed by atoms with Crippen LogP contribution in [0.2, 0.25) is 0 Å². The van der Waals surface area contributed by atoms with E-state index < -0.39 is 41.4 Å². The highest BCUT2D eigenvalue weighted by Gasteiger charge is 2.40. The van der Waals surface area contributed by atoms with E-state index in [4.69, 9.17) is 14.6 Å². The topological polar surface area (TPSA) is 114 Å². The number of hydrogen-bond acceptors (Lipinski definition) is 7. The van der Waals surface area contributed by atoms with Crippen molar-refractivity contribution in [3.05, 3.63) is 58.7 Å². The van der Waals surface area contributed by atoms with Crippen molar-refractivity contribution in [1.82, 2.24) is 20.2 Å². The molecule has 11 heteroatoms. The molecule has 4 rings (SSSR count). The minimum atomic E-state index is -1.20. The van der Waals surface area contributed by atoms with Gasteiger partial charge in [-0.3, -0.25) is 4.90 Å². The summed E-state index contributed by atoms with van der Waals surface area (Å²) in [7, 11) is 0. The van der Waals surface area contributed by atoms with Gasteiger partial charge in [-0.2, -0.15) is 0 Å². The predicted octanol–water partition coefficient (Wildman–Crippen LogP) is 3.19. The van der Waals surface area contributed by atoms with Gasteiger partial charge in [0.15, 0.2) is 0 Å². The van der Waals surface area contributed by atoms with Crippen LogP contribution in [0.4, 0.5) is 13.6 Å². The van der Waals surface area contributed by atoms with Crippen molar-refractivity contribution in [2.75, 3.05) is 6.61 Å². The number of aromatic carboxylic acids is 1. The number of carboxylic acids is 1. The van der Waals surface area contributed by atoms with E-state index in [-0.39, 0.29) is 24.0 Å². The number of amides is 1. The minimum absolute atomic E-state index is 0.0150. The third-order valence-corrected chi connectivity index (χ3v) is 5.71. The quantitative estimate of drug-likeness (QED) is 0.692. The zero-order valence-electron chi connectivity index (χ0n) is 19.0. The van der Waals surface area contributed by atoms with Gasteiger partial charge >= 0.3 is 12.1 Å². The summed E-state index contributed by atoms with van der Waals surface area (Å²) in [6.45, 7) is 6.23. The number of carbonyl (C=O) groups excluding carboxylic acids is 1. The average Bonchev–Trinajstić information content (AvgIpc) is 3.17. The first kappa shape index (κ1) is 24.0. The van der Waals surface area contributed by atoms with Gasteiger partial charge in [0.2, 0.25) is 5.82 Å². The number of benzene rings is 1. The maximum absolute atomic E-state index is 14.6. The van der Waals surface area contributed by atoms with Gasteiger partial charge in [-0.25, -0.2) is 28.3 Å². The molecule has 3 atom stereocenters. The van der Waals surface area contributed by atoms with Crippen molar-refractivity contribution < 1.29 is 33.0 Å². The minimum Gasteiger partial charge on any atom is -0.475 e. The molecule has 1 amide bonds. The Morgan fingerprint density at radius 2 is 2.03 bits per heavy atom. The molecular formula is C23H26F2N4O5. The molecule has 1 saturated heterocycles. The summed E-state index contributed by atoms with van der Waals surface area (Å²) >= 11 is 0. The first-order chi connectivity index (χ1) is 16.0. The lowest BCUT2D eigenvalue weighted by Gasteiger charge is -2.40. The van der Waals surface area contributed by atoms with Gasteiger partial charge in [0.25, 0.3) is 0 Å². The molecule has 0 bridgehead atoms. The molecule has 2 aromatic rings. The van der Waals surface area contributed by atoms with Crippen LogP contribution in [-0.2, 0) is 22.6 Å². The first-order valence-corrected chi connectivity index (χ1v) is 10.9. The van der Waals surface area contributed by atoms with E-state index in [0.717, 1.165) is 23.8 Å². The molecule has 1 aromatic carbocycles. The van der Waals surface area contributed by atoms with Gasteiger partial charge in [-0.05, 0) is 45.4 Å². The predicted molar refractivity (Wildman–Crippen MR) is 115 cm³/mol. The molecule has 0 radical (unpaired) electrons. The number of nitrogens with zero attached hydrogens (tertiary/aromatic N) is 3. The number of nitrogens with one attached hydrogen (secondary N) is 1. The molecule has 1 fully saturated rings. The Labute approximate surface area is 195 Å². The number of carboxylic acid groups (broad SMARTS) is 1. The van der Waals surface area contributed by atoms with Crippen molar-refractivity contribution in [2.45, 2.75) is 64.1 Å². The highest BCUT2D eigenvalue weighted by atomic mass is 19.1. The Bertz CT molecular complexity index is 1110. The molecule has 9 nitrogen and oxygen atoms in total. The van der Waals surface area contributed by atoms with Crippen LogP contribution in [0.5, 0.6) is 0 Å². The van der Waals surface area contributed by atoms with Gasteiger partial charge in [-0.15, -0.1) is 0 Å². The molecule has 1 aromatic heterocycles. The van der Waals surface area contributed by atoms with Gasteiger partial charge < -0.3 is 19.9 Å².